The number of piperazine rings is 1. The van der Waals surface area contributed by atoms with Gasteiger partial charge in [0.15, 0.2) is 5.96 Å². The van der Waals surface area contributed by atoms with Gasteiger partial charge in [-0.3, -0.25) is 14.7 Å². The van der Waals surface area contributed by atoms with Crippen LogP contribution in [-0.4, -0.2) is 79.6 Å². The van der Waals surface area contributed by atoms with Crippen LogP contribution in [0.3, 0.4) is 0 Å². The molecule has 164 valence electrons. The molecule has 3 amide bonds. The van der Waals surface area contributed by atoms with Gasteiger partial charge in [-0.1, -0.05) is 19.1 Å². The smallest absolute Gasteiger partial charge is 0.325 e. The van der Waals surface area contributed by atoms with Gasteiger partial charge in [0.1, 0.15) is 11.4 Å². The number of aliphatic imine (C=N–C) groups is 1. The number of halogens is 1. The zero-order valence-electron chi connectivity index (χ0n) is 17.9. The summed E-state index contributed by atoms with van der Waals surface area (Å²) in [7, 11) is 1.73. The van der Waals surface area contributed by atoms with Crippen molar-refractivity contribution in [1.82, 2.24) is 20.4 Å². The van der Waals surface area contributed by atoms with Gasteiger partial charge in [-0.2, -0.15) is 0 Å². The van der Waals surface area contributed by atoms with Crippen molar-refractivity contribution in [2.24, 2.45) is 4.99 Å². The summed E-state index contributed by atoms with van der Waals surface area (Å²) >= 11 is 0. The number of hydrogen-bond acceptors (Lipinski definition) is 4. The molecular weight excluding hydrogens is 387 g/mol. The van der Waals surface area contributed by atoms with E-state index in [0.29, 0.717) is 44.7 Å². The minimum absolute atomic E-state index is 0.163. The molecule has 1 unspecified atom stereocenters. The van der Waals surface area contributed by atoms with Crippen molar-refractivity contribution < 1.29 is 14.0 Å². The monoisotopic (exact) mass is 418 g/mol. The fraction of sp³-hybridized carbons (Fsp3) is 0.571. The highest BCUT2D eigenvalue weighted by molar-refractivity contribution is 6.06. The molecule has 2 aliphatic heterocycles. The number of imide groups is 1. The lowest BCUT2D eigenvalue weighted by Crippen LogP contribution is -2.53. The van der Waals surface area contributed by atoms with E-state index in [1.54, 1.807) is 26.1 Å². The van der Waals surface area contributed by atoms with Crippen LogP contribution in [-0.2, 0) is 4.79 Å². The first-order valence-corrected chi connectivity index (χ1v) is 10.5. The lowest BCUT2D eigenvalue weighted by molar-refractivity contribution is -0.130. The third kappa shape index (κ3) is 4.49. The van der Waals surface area contributed by atoms with Crippen LogP contribution in [0.5, 0.6) is 0 Å². The molecule has 0 spiro atoms. The summed E-state index contributed by atoms with van der Waals surface area (Å²) in [6.07, 6.45) is 1.20. The second-order valence-corrected chi connectivity index (χ2v) is 7.83. The molecule has 9 heteroatoms. The number of carbonyl (C=O) groups is 2. The van der Waals surface area contributed by atoms with Gasteiger partial charge in [-0.25, -0.2) is 9.18 Å². The van der Waals surface area contributed by atoms with Crippen molar-refractivity contribution in [3.05, 3.63) is 30.1 Å². The van der Waals surface area contributed by atoms with Gasteiger partial charge in [0.2, 0.25) is 0 Å². The van der Waals surface area contributed by atoms with Gasteiger partial charge in [0.05, 0.1) is 5.69 Å². The van der Waals surface area contributed by atoms with Gasteiger partial charge < -0.3 is 20.4 Å². The summed E-state index contributed by atoms with van der Waals surface area (Å²) in [6.45, 7) is 7.49. The normalized spacial score (nSPS) is 22.5. The van der Waals surface area contributed by atoms with Crippen molar-refractivity contribution in [3.63, 3.8) is 0 Å². The van der Waals surface area contributed by atoms with Gasteiger partial charge in [-0.05, 0) is 31.9 Å². The molecule has 2 aliphatic rings. The van der Waals surface area contributed by atoms with Gasteiger partial charge in [-0.15, -0.1) is 0 Å². The van der Waals surface area contributed by atoms with Crippen LogP contribution >= 0.6 is 0 Å². The number of anilines is 1. The largest absolute Gasteiger partial charge is 0.366 e. The molecule has 8 nitrogen and oxygen atoms in total. The SMILES string of the molecule is CCC1(C)NC(=O)N(CCCNC(=NC)N2CCN(c3ccccc3F)CC2)C1=O. The predicted molar refractivity (Wildman–Crippen MR) is 115 cm³/mol. The van der Waals surface area contributed by atoms with Crippen LogP contribution in [0.4, 0.5) is 14.9 Å². The molecule has 1 aromatic rings. The van der Waals surface area contributed by atoms with Crippen LogP contribution < -0.4 is 15.5 Å². The second-order valence-electron chi connectivity index (χ2n) is 7.83. The molecule has 2 N–H and O–H groups in total. The number of urea groups is 1. The van der Waals surface area contributed by atoms with Gasteiger partial charge in [0.25, 0.3) is 5.91 Å². The maximum atomic E-state index is 14.0. The number of guanidine groups is 1. The molecule has 0 aromatic heterocycles. The minimum atomic E-state index is -0.793. The van der Waals surface area contributed by atoms with E-state index >= 15 is 0 Å². The average Bonchev–Trinajstić information content (AvgIpc) is 2.97. The zero-order chi connectivity index (χ0) is 21.7. The lowest BCUT2D eigenvalue weighted by Gasteiger charge is -2.37. The van der Waals surface area contributed by atoms with Gasteiger partial charge >= 0.3 is 6.03 Å². The summed E-state index contributed by atoms with van der Waals surface area (Å²) < 4.78 is 14.0. The van der Waals surface area contributed by atoms with E-state index in [-0.39, 0.29) is 17.8 Å². The van der Waals surface area contributed by atoms with E-state index in [2.05, 4.69) is 20.5 Å². The Morgan fingerprint density at radius 2 is 1.93 bits per heavy atom. The molecule has 0 saturated carbocycles. The van der Waals surface area contributed by atoms with Crippen LogP contribution in [0.15, 0.2) is 29.3 Å². The van der Waals surface area contributed by atoms with Crippen LogP contribution in [0.2, 0.25) is 0 Å². The number of nitrogens with zero attached hydrogens (tertiary/aromatic N) is 4. The maximum Gasteiger partial charge on any atom is 0.325 e. The highest BCUT2D eigenvalue weighted by Crippen LogP contribution is 2.21. The van der Waals surface area contributed by atoms with E-state index in [9.17, 15) is 14.0 Å². The van der Waals surface area contributed by atoms with E-state index in [1.165, 1.54) is 11.0 Å². The molecule has 0 bridgehead atoms. The highest BCUT2D eigenvalue weighted by Gasteiger charge is 2.45. The van der Waals surface area contributed by atoms with Crippen molar-refractivity contribution in [2.45, 2.75) is 32.2 Å². The van der Waals surface area contributed by atoms with Crippen LogP contribution in [0, 0.1) is 5.82 Å². The fourth-order valence-corrected chi connectivity index (χ4v) is 3.83. The molecule has 1 aromatic carbocycles. The molecule has 2 fully saturated rings. The summed E-state index contributed by atoms with van der Waals surface area (Å²) in [6, 6.07) is 6.51. The first-order valence-electron chi connectivity index (χ1n) is 10.5. The Balaban J connectivity index is 1.44. The number of rotatable bonds is 6. The number of carbonyl (C=O) groups excluding carboxylic acids is 2. The Kier molecular flexibility index (Phi) is 6.79. The van der Waals surface area contributed by atoms with Crippen molar-refractivity contribution in [2.75, 3.05) is 51.2 Å². The average molecular weight is 419 g/mol. The first kappa shape index (κ1) is 21.9. The first-order chi connectivity index (χ1) is 14.4. The van der Waals surface area contributed by atoms with Crippen molar-refractivity contribution in [1.29, 1.82) is 0 Å². The van der Waals surface area contributed by atoms with E-state index in [1.807, 2.05) is 17.9 Å². The number of amides is 3. The summed E-state index contributed by atoms with van der Waals surface area (Å²) in [5.74, 6) is 0.413. The molecule has 0 radical (unpaired) electrons. The van der Waals surface area contributed by atoms with Gasteiger partial charge in [0, 0.05) is 46.3 Å². The van der Waals surface area contributed by atoms with Crippen LogP contribution in [0.25, 0.3) is 0 Å². The van der Waals surface area contributed by atoms with E-state index in [0.717, 1.165) is 19.0 Å². The fourth-order valence-electron chi connectivity index (χ4n) is 3.83. The minimum Gasteiger partial charge on any atom is -0.366 e. The summed E-state index contributed by atoms with van der Waals surface area (Å²) in [4.78, 5) is 34.3. The highest BCUT2D eigenvalue weighted by atomic mass is 19.1. The lowest BCUT2D eigenvalue weighted by atomic mass is 9.99. The molecule has 3 rings (SSSR count). The summed E-state index contributed by atoms with van der Waals surface area (Å²) in [5.41, 5.74) is -0.161. The second kappa shape index (κ2) is 9.32. The number of nitrogens with one attached hydrogen (secondary N) is 2. The standard InChI is InChI=1S/C21H31FN6O2/c1-4-21(2)18(29)28(20(30)25-21)11-7-10-24-19(23-3)27-14-12-26(13-15-27)17-9-6-5-8-16(17)22/h5-6,8-9H,4,7,10-15H2,1-3H3,(H,23,24)(H,25,30). The topological polar surface area (TPSA) is 80.3 Å². The summed E-state index contributed by atoms with van der Waals surface area (Å²) in [5, 5.41) is 6.07. The van der Waals surface area contributed by atoms with Crippen molar-refractivity contribution in [3.8, 4) is 0 Å². The zero-order valence-corrected chi connectivity index (χ0v) is 17.9. The Morgan fingerprint density at radius 1 is 1.23 bits per heavy atom. The van der Waals surface area contributed by atoms with E-state index in [4.69, 9.17) is 0 Å². The quantitative estimate of drug-likeness (QED) is 0.318. The number of hydrogen-bond donors (Lipinski definition) is 2. The molecule has 0 aliphatic carbocycles. The Hall–Kier alpha value is -2.84. The third-order valence-electron chi connectivity index (χ3n) is 5.88. The van der Waals surface area contributed by atoms with Crippen molar-refractivity contribution >= 4 is 23.6 Å². The predicted octanol–water partition coefficient (Wildman–Crippen LogP) is 1.63. The molecule has 2 saturated heterocycles. The Bertz CT molecular complexity index is 808. The van der Waals surface area contributed by atoms with E-state index < -0.39 is 5.54 Å². The number of para-hydroxylation sites is 1. The third-order valence-corrected chi connectivity index (χ3v) is 5.88. The molecule has 30 heavy (non-hydrogen) atoms. The molecule has 1 atom stereocenters. The molecule has 2 heterocycles. The Labute approximate surface area is 177 Å². The number of benzene rings is 1. The maximum absolute atomic E-state index is 14.0. The van der Waals surface area contributed by atoms with Crippen LogP contribution in [0.1, 0.15) is 26.7 Å². The molecular formula is C21H31FN6O2. The Morgan fingerprint density at radius 3 is 2.53 bits per heavy atom.